The third kappa shape index (κ3) is 3.96. The van der Waals surface area contributed by atoms with Crippen molar-refractivity contribution >= 4 is 23.4 Å². The molecule has 0 saturated heterocycles. The molecule has 3 N–H and O–H groups in total. The van der Waals surface area contributed by atoms with E-state index < -0.39 is 34.3 Å². The number of carbonyl (C=O) groups is 1. The first-order chi connectivity index (χ1) is 13.3. The van der Waals surface area contributed by atoms with Crippen molar-refractivity contribution in [1.29, 1.82) is 0 Å². The zero-order valence-electron chi connectivity index (χ0n) is 14.9. The van der Waals surface area contributed by atoms with Gasteiger partial charge in [-0.2, -0.15) is 0 Å². The molecule has 0 bridgehead atoms. The van der Waals surface area contributed by atoms with E-state index in [4.69, 9.17) is 5.84 Å². The number of rotatable bonds is 5. The standard InChI is InChI=1S/C18H16F3N5OS/c1-9-3-5-11(6-4-9)16-24-25-18(26(16)22)28-10(2)17(27)23-13-8-7-12(19)14(20)15(13)21/h3-8,10H,22H2,1-2H3,(H,23,27). The molecule has 28 heavy (non-hydrogen) atoms. The smallest absolute Gasteiger partial charge is 0.237 e. The molecule has 3 rings (SSSR count). The van der Waals surface area contributed by atoms with Crippen LogP contribution in [0.3, 0.4) is 0 Å². The maximum Gasteiger partial charge on any atom is 0.237 e. The topological polar surface area (TPSA) is 85.8 Å². The number of aromatic nitrogens is 3. The lowest BCUT2D eigenvalue weighted by Crippen LogP contribution is -2.24. The fraction of sp³-hybridized carbons (Fsp3) is 0.167. The molecule has 1 aromatic heterocycles. The SMILES string of the molecule is Cc1ccc(-c2nnc(SC(C)C(=O)Nc3ccc(F)c(F)c3F)n2N)cc1. The quantitative estimate of drug-likeness (QED) is 0.384. The second-order valence-electron chi connectivity index (χ2n) is 6.01. The predicted molar refractivity (Wildman–Crippen MR) is 101 cm³/mol. The van der Waals surface area contributed by atoms with Gasteiger partial charge in [0.15, 0.2) is 23.3 Å². The van der Waals surface area contributed by atoms with Crippen LogP contribution in [-0.2, 0) is 4.79 Å². The Kier molecular flexibility index (Phi) is 5.59. The zero-order valence-corrected chi connectivity index (χ0v) is 15.7. The summed E-state index contributed by atoms with van der Waals surface area (Å²) in [4.78, 5) is 12.3. The van der Waals surface area contributed by atoms with Gasteiger partial charge in [-0.3, -0.25) is 4.79 Å². The van der Waals surface area contributed by atoms with Crippen LogP contribution in [-0.4, -0.2) is 26.0 Å². The molecule has 0 fully saturated rings. The van der Waals surface area contributed by atoms with E-state index in [0.717, 1.165) is 35.0 Å². The molecule has 0 spiro atoms. The fourth-order valence-electron chi connectivity index (χ4n) is 2.33. The van der Waals surface area contributed by atoms with Gasteiger partial charge in [0.05, 0.1) is 10.9 Å². The summed E-state index contributed by atoms with van der Waals surface area (Å²) in [5, 5.41) is 9.74. The summed E-state index contributed by atoms with van der Waals surface area (Å²) in [6.45, 7) is 3.49. The van der Waals surface area contributed by atoms with Crippen LogP contribution in [0.25, 0.3) is 11.4 Å². The summed E-state index contributed by atoms with van der Waals surface area (Å²) in [5.74, 6) is 1.36. The second-order valence-corrected chi connectivity index (χ2v) is 7.32. The number of aryl methyl sites for hydroxylation is 1. The van der Waals surface area contributed by atoms with E-state index in [1.807, 2.05) is 31.2 Å². The van der Waals surface area contributed by atoms with Gasteiger partial charge in [0.1, 0.15) is 0 Å². The van der Waals surface area contributed by atoms with Crippen LogP contribution < -0.4 is 11.2 Å². The first kappa shape index (κ1) is 19.7. The number of hydrogen-bond acceptors (Lipinski definition) is 5. The van der Waals surface area contributed by atoms with E-state index in [2.05, 4.69) is 15.5 Å². The molecule has 1 amide bonds. The number of thioether (sulfide) groups is 1. The molecule has 1 unspecified atom stereocenters. The molecule has 0 aliphatic carbocycles. The van der Waals surface area contributed by atoms with Crippen LogP contribution in [0.4, 0.5) is 18.9 Å². The fourth-order valence-corrected chi connectivity index (χ4v) is 3.10. The largest absolute Gasteiger partial charge is 0.335 e. The molecule has 0 aliphatic heterocycles. The number of nitrogens with zero attached hydrogens (tertiary/aromatic N) is 3. The molecule has 10 heteroatoms. The molecule has 2 aromatic carbocycles. The summed E-state index contributed by atoms with van der Waals surface area (Å²) in [6.07, 6.45) is 0. The Morgan fingerprint density at radius 3 is 2.46 bits per heavy atom. The highest BCUT2D eigenvalue weighted by Gasteiger charge is 2.22. The number of carbonyl (C=O) groups excluding carboxylic acids is 1. The Hall–Kier alpha value is -3.01. The lowest BCUT2D eigenvalue weighted by Gasteiger charge is -2.12. The van der Waals surface area contributed by atoms with Crippen LogP contribution in [0.5, 0.6) is 0 Å². The number of benzene rings is 2. The summed E-state index contributed by atoms with van der Waals surface area (Å²) in [5.41, 5.74) is 1.38. The van der Waals surface area contributed by atoms with Crippen LogP contribution in [0.15, 0.2) is 41.6 Å². The third-order valence-corrected chi connectivity index (χ3v) is 4.98. The van der Waals surface area contributed by atoms with E-state index in [1.54, 1.807) is 0 Å². The van der Waals surface area contributed by atoms with Crippen LogP contribution in [0, 0.1) is 24.4 Å². The highest BCUT2D eigenvalue weighted by atomic mass is 32.2. The lowest BCUT2D eigenvalue weighted by atomic mass is 10.1. The van der Waals surface area contributed by atoms with Crippen molar-refractivity contribution < 1.29 is 18.0 Å². The van der Waals surface area contributed by atoms with Gasteiger partial charge < -0.3 is 11.2 Å². The van der Waals surface area contributed by atoms with Gasteiger partial charge in [0, 0.05) is 5.56 Å². The van der Waals surface area contributed by atoms with Crippen molar-refractivity contribution in [2.75, 3.05) is 11.2 Å². The Labute approximate surface area is 162 Å². The van der Waals surface area contributed by atoms with Gasteiger partial charge in [-0.05, 0) is 26.0 Å². The average Bonchev–Trinajstić information content (AvgIpc) is 3.03. The van der Waals surface area contributed by atoms with E-state index >= 15 is 0 Å². The summed E-state index contributed by atoms with van der Waals surface area (Å²) in [7, 11) is 0. The van der Waals surface area contributed by atoms with Crippen LogP contribution in [0.1, 0.15) is 12.5 Å². The Balaban J connectivity index is 1.73. The van der Waals surface area contributed by atoms with Gasteiger partial charge >= 0.3 is 0 Å². The van der Waals surface area contributed by atoms with E-state index in [1.165, 1.54) is 11.6 Å². The van der Waals surface area contributed by atoms with Gasteiger partial charge in [0.2, 0.25) is 11.1 Å². The van der Waals surface area contributed by atoms with Crippen molar-refractivity contribution in [3.63, 3.8) is 0 Å². The summed E-state index contributed by atoms with van der Waals surface area (Å²) >= 11 is 0.991. The van der Waals surface area contributed by atoms with Gasteiger partial charge in [0.25, 0.3) is 0 Å². The predicted octanol–water partition coefficient (Wildman–Crippen LogP) is 3.50. The molecule has 146 valence electrons. The number of nitrogen functional groups attached to an aromatic ring is 1. The minimum atomic E-state index is -1.65. The van der Waals surface area contributed by atoms with Crippen LogP contribution >= 0.6 is 11.8 Å². The van der Waals surface area contributed by atoms with Gasteiger partial charge in [-0.1, -0.05) is 41.6 Å². The number of nitrogens with one attached hydrogen (secondary N) is 1. The first-order valence-electron chi connectivity index (χ1n) is 8.16. The number of hydrogen-bond donors (Lipinski definition) is 2. The van der Waals surface area contributed by atoms with E-state index in [0.29, 0.717) is 5.82 Å². The van der Waals surface area contributed by atoms with Crippen molar-refractivity contribution in [2.24, 2.45) is 0 Å². The maximum atomic E-state index is 13.7. The Morgan fingerprint density at radius 1 is 1.11 bits per heavy atom. The van der Waals surface area contributed by atoms with Crippen LogP contribution in [0.2, 0.25) is 0 Å². The summed E-state index contributed by atoms with van der Waals surface area (Å²) in [6, 6.07) is 9.19. The minimum absolute atomic E-state index is 0.268. The highest BCUT2D eigenvalue weighted by Crippen LogP contribution is 2.26. The molecule has 6 nitrogen and oxygen atoms in total. The first-order valence-corrected chi connectivity index (χ1v) is 9.04. The molecule has 0 radical (unpaired) electrons. The normalized spacial score (nSPS) is 12.0. The van der Waals surface area contributed by atoms with Crippen molar-refractivity contribution in [3.05, 3.63) is 59.4 Å². The third-order valence-electron chi connectivity index (χ3n) is 3.92. The average molecular weight is 407 g/mol. The summed E-state index contributed by atoms with van der Waals surface area (Å²) < 4.78 is 41.2. The van der Waals surface area contributed by atoms with E-state index in [-0.39, 0.29) is 5.16 Å². The molecule has 0 saturated carbocycles. The monoisotopic (exact) mass is 407 g/mol. The second kappa shape index (κ2) is 7.93. The number of halogens is 3. The Bertz CT molecular complexity index is 1020. The number of nitrogens with two attached hydrogens (primary N) is 1. The molecule has 1 heterocycles. The van der Waals surface area contributed by atoms with Crippen molar-refractivity contribution in [3.8, 4) is 11.4 Å². The van der Waals surface area contributed by atoms with Crippen molar-refractivity contribution in [2.45, 2.75) is 24.3 Å². The van der Waals surface area contributed by atoms with E-state index in [9.17, 15) is 18.0 Å². The number of amides is 1. The zero-order chi connectivity index (χ0) is 20.4. The maximum absolute atomic E-state index is 13.7. The molecule has 1 atom stereocenters. The molecule has 0 aliphatic rings. The highest BCUT2D eigenvalue weighted by molar-refractivity contribution is 8.00. The van der Waals surface area contributed by atoms with Gasteiger partial charge in [-0.15, -0.1) is 10.2 Å². The minimum Gasteiger partial charge on any atom is -0.335 e. The molecule has 3 aromatic rings. The van der Waals surface area contributed by atoms with Crippen molar-refractivity contribution in [1.82, 2.24) is 14.9 Å². The molecular formula is C18H16F3N5OS. The molecular weight excluding hydrogens is 391 g/mol. The Morgan fingerprint density at radius 2 is 1.79 bits per heavy atom. The number of anilines is 1. The van der Waals surface area contributed by atoms with Gasteiger partial charge in [-0.25, -0.2) is 17.8 Å². The lowest BCUT2D eigenvalue weighted by molar-refractivity contribution is -0.115.